The molecule has 2 aromatic rings. The standard InChI is InChI=1S/C19H21ClN2O2S/c20-16-5-3-4-15(12-16)13-25-14-19(23)21-17-6-1-2-7-18(17)22-8-10-24-11-9-22/h1-7,12H,8-11,13-14H2,(H,21,23). The number of morpholine rings is 1. The van der Waals surface area contributed by atoms with Crippen LogP contribution < -0.4 is 10.2 Å². The number of nitrogens with zero attached hydrogens (tertiary/aromatic N) is 1. The van der Waals surface area contributed by atoms with Crippen LogP contribution in [0.2, 0.25) is 5.02 Å². The van der Waals surface area contributed by atoms with Crippen molar-refractivity contribution in [3.63, 3.8) is 0 Å². The Morgan fingerprint density at radius 1 is 1.16 bits per heavy atom. The molecule has 1 N–H and O–H groups in total. The van der Waals surface area contributed by atoms with Crippen LogP contribution in [0.25, 0.3) is 0 Å². The molecule has 4 nitrogen and oxygen atoms in total. The lowest BCUT2D eigenvalue weighted by Gasteiger charge is -2.30. The molecule has 132 valence electrons. The average molecular weight is 377 g/mol. The van der Waals surface area contributed by atoms with Crippen LogP contribution in [-0.2, 0) is 15.3 Å². The third-order valence-electron chi connectivity index (χ3n) is 3.92. The molecule has 1 aliphatic rings. The predicted octanol–water partition coefficient (Wildman–Crippen LogP) is 4.05. The van der Waals surface area contributed by atoms with E-state index < -0.39 is 0 Å². The molecule has 0 aromatic heterocycles. The summed E-state index contributed by atoms with van der Waals surface area (Å²) in [5.41, 5.74) is 3.04. The number of para-hydroxylation sites is 2. The van der Waals surface area contributed by atoms with E-state index in [1.807, 2.05) is 48.5 Å². The van der Waals surface area contributed by atoms with Crippen molar-refractivity contribution in [3.8, 4) is 0 Å². The van der Waals surface area contributed by atoms with Crippen molar-refractivity contribution in [2.24, 2.45) is 0 Å². The molecule has 0 unspecified atom stereocenters. The van der Waals surface area contributed by atoms with Gasteiger partial charge in [0.15, 0.2) is 0 Å². The molecule has 1 saturated heterocycles. The molecule has 1 heterocycles. The van der Waals surface area contributed by atoms with Gasteiger partial charge in [-0.15, -0.1) is 11.8 Å². The van der Waals surface area contributed by atoms with Crippen molar-refractivity contribution in [1.29, 1.82) is 0 Å². The second kappa shape index (κ2) is 9.13. The van der Waals surface area contributed by atoms with E-state index >= 15 is 0 Å². The minimum absolute atomic E-state index is 0.00716. The average Bonchev–Trinajstić information content (AvgIpc) is 2.63. The molecule has 25 heavy (non-hydrogen) atoms. The SMILES string of the molecule is O=C(CSCc1cccc(Cl)c1)Nc1ccccc1N1CCOCC1. The fraction of sp³-hybridized carbons (Fsp3) is 0.316. The van der Waals surface area contributed by atoms with Crippen LogP contribution in [0.4, 0.5) is 11.4 Å². The second-order valence-corrected chi connectivity index (χ2v) is 7.21. The zero-order chi connectivity index (χ0) is 17.5. The predicted molar refractivity (Wildman–Crippen MR) is 106 cm³/mol. The van der Waals surface area contributed by atoms with Crippen LogP contribution in [0.5, 0.6) is 0 Å². The maximum Gasteiger partial charge on any atom is 0.234 e. The molecule has 1 fully saturated rings. The van der Waals surface area contributed by atoms with Gasteiger partial charge in [-0.3, -0.25) is 4.79 Å². The highest BCUT2D eigenvalue weighted by atomic mass is 35.5. The Bertz CT molecular complexity index is 720. The van der Waals surface area contributed by atoms with Gasteiger partial charge in [0.1, 0.15) is 0 Å². The Balaban J connectivity index is 1.54. The largest absolute Gasteiger partial charge is 0.378 e. The minimum atomic E-state index is 0.00716. The van der Waals surface area contributed by atoms with Crippen LogP contribution in [0, 0.1) is 0 Å². The van der Waals surface area contributed by atoms with Crippen molar-refractivity contribution in [2.75, 3.05) is 42.3 Å². The summed E-state index contributed by atoms with van der Waals surface area (Å²) in [4.78, 5) is 14.6. The highest BCUT2D eigenvalue weighted by Gasteiger charge is 2.15. The number of anilines is 2. The van der Waals surface area contributed by atoms with E-state index in [2.05, 4.69) is 10.2 Å². The zero-order valence-corrected chi connectivity index (χ0v) is 15.5. The molecule has 0 radical (unpaired) electrons. The number of rotatable bonds is 6. The van der Waals surface area contributed by atoms with Gasteiger partial charge in [0.05, 0.1) is 30.3 Å². The normalized spacial score (nSPS) is 14.4. The lowest BCUT2D eigenvalue weighted by atomic mass is 10.2. The lowest BCUT2D eigenvalue weighted by molar-refractivity contribution is -0.113. The molecule has 3 rings (SSSR count). The van der Waals surface area contributed by atoms with Crippen LogP contribution in [-0.4, -0.2) is 38.0 Å². The Hall–Kier alpha value is -1.69. The topological polar surface area (TPSA) is 41.6 Å². The number of hydrogen-bond acceptors (Lipinski definition) is 4. The Labute approximate surface area is 157 Å². The number of nitrogens with one attached hydrogen (secondary N) is 1. The summed E-state index contributed by atoms with van der Waals surface area (Å²) < 4.78 is 5.40. The summed E-state index contributed by atoms with van der Waals surface area (Å²) in [6.07, 6.45) is 0. The Kier molecular flexibility index (Phi) is 6.62. The van der Waals surface area contributed by atoms with E-state index in [9.17, 15) is 4.79 Å². The van der Waals surface area contributed by atoms with Crippen molar-refractivity contribution in [1.82, 2.24) is 0 Å². The van der Waals surface area contributed by atoms with Gasteiger partial charge < -0.3 is 15.0 Å². The summed E-state index contributed by atoms with van der Waals surface area (Å²) in [5, 5.41) is 3.76. The lowest BCUT2D eigenvalue weighted by Crippen LogP contribution is -2.36. The fourth-order valence-electron chi connectivity index (χ4n) is 2.73. The van der Waals surface area contributed by atoms with Gasteiger partial charge in [-0.05, 0) is 29.8 Å². The molecule has 0 bridgehead atoms. The van der Waals surface area contributed by atoms with E-state index in [1.54, 1.807) is 11.8 Å². The van der Waals surface area contributed by atoms with E-state index in [0.717, 1.165) is 54.0 Å². The first-order valence-corrected chi connectivity index (χ1v) is 9.79. The smallest absolute Gasteiger partial charge is 0.234 e. The summed E-state index contributed by atoms with van der Waals surface area (Å²) in [6, 6.07) is 15.7. The molecular formula is C19H21ClN2O2S. The van der Waals surface area contributed by atoms with Gasteiger partial charge in [-0.1, -0.05) is 35.9 Å². The first-order chi connectivity index (χ1) is 12.2. The van der Waals surface area contributed by atoms with Crippen LogP contribution >= 0.6 is 23.4 Å². The van der Waals surface area contributed by atoms with Crippen molar-refractivity contribution in [2.45, 2.75) is 5.75 Å². The fourth-order valence-corrected chi connectivity index (χ4v) is 3.72. The quantitative estimate of drug-likeness (QED) is 0.825. The Morgan fingerprint density at radius 2 is 1.96 bits per heavy atom. The third-order valence-corrected chi connectivity index (χ3v) is 5.16. The number of ether oxygens (including phenoxy) is 1. The van der Waals surface area contributed by atoms with Crippen molar-refractivity contribution < 1.29 is 9.53 Å². The zero-order valence-electron chi connectivity index (χ0n) is 13.9. The first kappa shape index (κ1) is 18.1. The molecule has 2 aromatic carbocycles. The number of thioether (sulfide) groups is 1. The van der Waals surface area contributed by atoms with Crippen LogP contribution in [0.3, 0.4) is 0 Å². The van der Waals surface area contributed by atoms with Gasteiger partial charge in [-0.2, -0.15) is 0 Å². The van der Waals surface area contributed by atoms with E-state index in [0.29, 0.717) is 5.75 Å². The molecule has 1 amide bonds. The molecule has 0 saturated carbocycles. The number of carbonyl (C=O) groups excluding carboxylic acids is 1. The van der Waals surface area contributed by atoms with Crippen LogP contribution in [0.1, 0.15) is 5.56 Å². The maximum atomic E-state index is 12.3. The van der Waals surface area contributed by atoms with Gasteiger partial charge in [0.2, 0.25) is 5.91 Å². The van der Waals surface area contributed by atoms with E-state index in [-0.39, 0.29) is 5.91 Å². The minimum Gasteiger partial charge on any atom is -0.378 e. The summed E-state index contributed by atoms with van der Waals surface area (Å²) in [6.45, 7) is 3.13. The molecule has 0 atom stereocenters. The molecular weight excluding hydrogens is 356 g/mol. The number of carbonyl (C=O) groups is 1. The first-order valence-electron chi connectivity index (χ1n) is 8.26. The number of halogens is 1. The highest BCUT2D eigenvalue weighted by molar-refractivity contribution is 7.99. The highest BCUT2D eigenvalue weighted by Crippen LogP contribution is 2.26. The van der Waals surface area contributed by atoms with Crippen molar-refractivity contribution >= 4 is 40.6 Å². The number of amides is 1. The summed E-state index contributed by atoms with van der Waals surface area (Å²) in [7, 11) is 0. The number of hydrogen-bond donors (Lipinski definition) is 1. The molecule has 0 spiro atoms. The maximum absolute atomic E-state index is 12.3. The summed E-state index contributed by atoms with van der Waals surface area (Å²) in [5.74, 6) is 1.18. The molecule has 0 aliphatic carbocycles. The molecule has 6 heteroatoms. The molecule has 1 aliphatic heterocycles. The third kappa shape index (κ3) is 5.39. The van der Waals surface area contributed by atoms with Gasteiger partial charge >= 0.3 is 0 Å². The van der Waals surface area contributed by atoms with E-state index in [1.165, 1.54) is 0 Å². The van der Waals surface area contributed by atoms with Crippen LogP contribution in [0.15, 0.2) is 48.5 Å². The van der Waals surface area contributed by atoms with E-state index in [4.69, 9.17) is 16.3 Å². The number of benzene rings is 2. The Morgan fingerprint density at radius 3 is 2.76 bits per heavy atom. The summed E-state index contributed by atoms with van der Waals surface area (Å²) >= 11 is 7.56. The van der Waals surface area contributed by atoms with Gasteiger partial charge in [0, 0.05) is 23.9 Å². The monoisotopic (exact) mass is 376 g/mol. The second-order valence-electron chi connectivity index (χ2n) is 5.79. The van der Waals surface area contributed by atoms with Crippen molar-refractivity contribution in [3.05, 3.63) is 59.1 Å². The van der Waals surface area contributed by atoms with Gasteiger partial charge in [0.25, 0.3) is 0 Å². The van der Waals surface area contributed by atoms with Gasteiger partial charge in [-0.25, -0.2) is 0 Å².